The average Bonchev–Trinajstić information content (AvgIpc) is 2.44. The summed E-state index contributed by atoms with van der Waals surface area (Å²) in [5.41, 5.74) is 4.50. The van der Waals surface area contributed by atoms with E-state index in [4.69, 9.17) is 0 Å². The van der Waals surface area contributed by atoms with Gasteiger partial charge in [-0.25, -0.2) is 0 Å². The lowest BCUT2D eigenvalue weighted by atomic mass is 9.96. The Morgan fingerprint density at radius 2 is 2.00 bits per heavy atom. The quantitative estimate of drug-likeness (QED) is 0.572. The Morgan fingerprint density at radius 1 is 1.07 bits per heavy atom. The van der Waals surface area contributed by atoms with Crippen molar-refractivity contribution in [3.63, 3.8) is 0 Å². The SMILES string of the molecule is CC1=CC=C(C2=CCCC=C2)CCC1. The molecular weight excluding hydrogens is 168 g/mol. The third-order valence-corrected chi connectivity index (χ3v) is 2.95. The zero-order valence-corrected chi connectivity index (χ0v) is 8.92. The molecule has 0 heteroatoms. The van der Waals surface area contributed by atoms with Gasteiger partial charge in [-0.2, -0.15) is 0 Å². The highest BCUT2D eigenvalue weighted by molar-refractivity contribution is 5.43. The molecule has 0 spiro atoms. The Labute approximate surface area is 86.7 Å². The van der Waals surface area contributed by atoms with E-state index < -0.39 is 0 Å². The molecule has 0 heterocycles. The van der Waals surface area contributed by atoms with Crippen molar-refractivity contribution in [2.75, 3.05) is 0 Å². The molecule has 0 N–H and O–H groups in total. The van der Waals surface area contributed by atoms with E-state index in [1.165, 1.54) is 48.8 Å². The zero-order valence-electron chi connectivity index (χ0n) is 8.92. The summed E-state index contributed by atoms with van der Waals surface area (Å²) in [5, 5.41) is 0. The van der Waals surface area contributed by atoms with Crippen LogP contribution in [0.1, 0.15) is 39.0 Å². The molecule has 0 saturated carbocycles. The first-order chi connectivity index (χ1) is 6.86. The molecule has 0 radical (unpaired) electrons. The van der Waals surface area contributed by atoms with Crippen LogP contribution in [-0.2, 0) is 0 Å². The molecule has 2 aliphatic rings. The van der Waals surface area contributed by atoms with Gasteiger partial charge in [0.1, 0.15) is 0 Å². The molecule has 0 aromatic rings. The summed E-state index contributed by atoms with van der Waals surface area (Å²) in [6.07, 6.45) is 17.8. The molecule has 0 bridgehead atoms. The van der Waals surface area contributed by atoms with Gasteiger partial charge in [-0.05, 0) is 50.2 Å². The fourth-order valence-electron chi connectivity index (χ4n) is 2.06. The van der Waals surface area contributed by atoms with E-state index in [0.717, 1.165) is 0 Å². The van der Waals surface area contributed by atoms with Gasteiger partial charge in [0.15, 0.2) is 0 Å². The van der Waals surface area contributed by atoms with Crippen molar-refractivity contribution in [3.05, 3.63) is 47.1 Å². The molecule has 0 saturated heterocycles. The molecule has 0 aliphatic heterocycles. The second-order valence-electron chi connectivity index (χ2n) is 4.20. The van der Waals surface area contributed by atoms with Gasteiger partial charge in [0.2, 0.25) is 0 Å². The van der Waals surface area contributed by atoms with Crippen LogP contribution in [0.2, 0.25) is 0 Å². The van der Waals surface area contributed by atoms with Crippen molar-refractivity contribution in [2.45, 2.75) is 39.0 Å². The van der Waals surface area contributed by atoms with Gasteiger partial charge in [-0.3, -0.25) is 0 Å². The van der Waals surface area contributed by atoms with E-state index in [-0.39, 0.29) is 0 Å². The van der Waals surface area contributed by atoms with Crippen molar-refractivity contribution < 1.29 is 0 Å². The van der Waals surface area contributed by atoms with Gasteiger partial charge >= 0.3 is 0 Å². The van der Waals surface area contributed by atoms with E-state index in [1.54, 1.807) is 0 Å². The molecule has 2 aliphatic carbocycles. The highest BCUT2D eigenvalue weighted by Crippen LogP contribution is 2.26. The smallest absolute Gasteiger partial charge is 0.0268 e. The Bertz CT molecular complexity index is 324. The Hall–Kier alpha value is -1.04. The largest absolute Gasteiger partial charge is 0.0836 e. The van der Waals surface area contributed by atoms with E-state index in [2.05, 4.69) is 37.3 Å². The van der Waals surface area contributed by atoms with Gasteiger partial charge in [-0.15, -0.1) is 0 Å². The summed E-state index contributed by atoms with van der Waals surface area (Å²) in [6, 6.07) is 0. The molecule has 0 fully saturated rings. The molecule has 0 atom stereocenters. The van der Waals surface area contributed by atoms with E-state index >= 15 is 0 Å². The summed E-state index contributed by atoms with van der Waals surface area (Å²) in [5.74, 6) is 0. The van der Waals surface area contributed by atoms with Gasteiger partial charge in [0, 0.05) is 0 Å². The van der Waals surface area contributed by atoms with Gasteiger partial charge in [0.05, 0.1) is 0 Å². The van der Waals surface area contributed by atoms with Crippen molar-refractivity contribution >= 4 is 0 Å². The number of hydrogen-bond acceptors (Lipinski definition) is 0. The van der Waals surface area contributed by atoms with Crippen LogP contribution in [-0.4, -0.2) is 0 Å². The maximum absolute atomic E-state index is 2.38. The molecule has 74 valence electrons. The monoisotopic (exact) mass is 186 g/mol. The first-order valence-electron chi connectivity index (χ1n) is 5.59. The van der Waals surface area contributed by atoms with Crippen LogP contribution >= 0.6 is 0 Å². The Morgan fingerprint density at radius 3 is 2.79 bits per heavy atom. The van der Waals surface area contributed by atoms with E-state index in [9.17, 15) is 0 Å². The topological polar surface area (TPSA) is 0 Å². The van der Waals surface area contributed by atoms with Crippen LogP contribution in [0.15, 0.2) is 47.1 Å². The minimum absolute atomic E-state index is 1.21. The average molecular weight is 186 g/mol. The summed E-state index contributed by atoms with van der Waals surface area (Å²) < 4.78 is 0. The first kappa shape index (κ1) is 9.51. The fraction of sp³-hybridized carbons (Fsp3) is 0.429. The van der Waals surface area contributed by atoms with Crippen LogP contribution in [0, 0.1) is 0 Å². The number of allylic oxidation sites excluding steroid dienone is 8. The normalized spacial score (nSPS) is 22.2. The summed E-state index contributed by atoms with van der Waals surface area (Å²) in [4.78, 5) is 0. The van der Waals surface area contributed by atoms with Gasteiger partial charge in [0.25, 0.3) is 0 Å². The van der Waals surface area contributed by atoms with Crippen LogP contribution in [0.25, 0.3) is 0 Å². The minimum Gasteiger partial charge on any atom is -0.0836 e. The molecule has 0 unspecified atom stereocenters. The van der Waals surface area contributed by atoms with Crippen LogP contribution < -0.4 is 0 Å². The molecular formula is C14H18. The highest BCUT2D eigenvalue weighted by Gasteiger charge is 2.06. The first-order valence-corrected chi connectivity index (χ1v) is 5.59. The molecule has 14 heavy (non-hydrogen) atoms. The Kier molecular flexibility index (Phi) is 3.03. The summed E-state index contributed by atoms with van der Waals surface area (Å²) >= 11 is 0. The van der Waals surface area contributed by atoms with Crippen LogP contribution in [0.3, 0.4) is 0 Å². The Balaban J connectivity index is 2.17. The van der Waals surface area contributed by atoms with Gasteiger partial charge < -0.3 is 0 Å². The molecule has 0 aromatic heterocycles. The maximum atomic E-state index is 2.38. The maximum Gasteiger partial charge on any atom is -0.0268 e. The lowest BCUT2D eigenvalue weighted by Crippen LogP contribution is -1.90. The number of hydrogen-bond donors (Lipinski definition) is 0. The molecule has 0 aromatic carbocycles. The van der Waals surface area contributed by atoms with Crippen molar-refractivity contribution in [3.8, 4) is 0 Å². The summed E-state index contributed by atoms with van der Waals surface area (Å²) in [7, 11) is 0. The standard InChI is InChI=1S/C14H18/c1-12-6-5-9-14(11-10-12)13-7-3-2-4-8-13/h3,7-8,10-11H,2,4-6,9H2,1H3. The molecule has 0 amide bonds. The third kappa shape index (κ3) is 2.25. The van der Waals surface area contributed by atoms with Crippen molar-refractivity contribution in [1.82, 2.24) is 0 Å². The van der Waals surface area contributed by atoms with E-state index in [1.807, 2.05) is 0 Å². The predicted molar refractivity (Wildman–Crippen MR) is 62.1 cm³/mol. The van der Waals surface area contributed by atoms with E-state index in [0.29, 0.717) is 0 Å². The minimum atomic E-state index is 1.21. The lowest BCUT2D eigenvalue weighted by Gasteiger charge is -2.09. The number of rotatable bonds is 1. The third-order valence-electron chi connectivity index (χ3n) is 2.95. The highest BCUT2D eigenvalue weighted by atomic mass is 14.1. The van der Waals surface area contributed by atoms with Crippen molar-refractivity contribution in [2.24, 2.45) is 0 Å². The van der Waals surface area contributed by atoms with Crippen molar-refractivity contribution in [1.29, 1.82) is 0 Å². The fourth-order valence-corrected chi connectivity index (χ4v) is 2.06. The second-order valence-corrected chi connectivity index (χ2v) is 4.20. The zero-order chi connectivity index (χ0) is 9.80. The second kappa shape index (κ2) is 4.45. The predicted octanol–water partition coefficient (Wildman–Crippen LogP) is 4.32. The van der Waals surface area contributed by atoms with Crippen LogP contribution in [0.4, 0.5) is 0 Å². The molecule has 2 rings (SSSR count). The lowest BCUT2D eigenvalue weighted by molar-refractivity contribution is 0.818. The van der Waals surface area contributed by atoms with Gasteiger partial charge in [-0.1, -0.05) is 36.0 Å². The molecule has 0 nitrogen and oxygen atoms in total. The summed E-state index contributed by atoms with van der Waals surface area (Å²) in [6.45, 7) is 2.23. The van der Waals surface area contributed by atoms with Crippen LogP contribution in [0.5, 0.6) is 0 Å².